The molecule has 4 nitrogen and oxygen atoms in total. The maximum atomic E-state index is 12.1. The molecular formula is C12H16N2O2. The van der Waals surface area contributed by atoms with E-state index in [-0.39, 0.29) is 12.0 Å². The van der Waals surface area contributed by atoms with Gasteiger partial charge in [0.1, 0.15) is 0 Å². The number of amides is 1. The molecule has 1 saturated heterocycles. The number of β-amino-alcohol motifs (C(OH)–C–C–N with tert-alkyl or cyclic N) is 1. The third-order valence-electron chi connectivity index (χ3n) is 2.93. The number of hydrogen-bond donors (Lipinski definition) is 2. The fourth-order valence-electron chi connectivity index (χ4n) is 2.02. The molecule has 0 bridgehead atoms. The van der Waals surface area contributed by atoms with Crippen molar-refractivity contribution in [3.05, 3.63) is 29.3 Å². The maximum absolute atomic E-state index is 12.1. The summed E-state index contributed by atoms with van der Waals surface area (Å²) >= 11 is 0. The lowest BCUT2D eigenvalue weighted by atomic mass is 10.1. The van der Waals surface area contributed by atoms with Crippen molar-refractivity contribution in [1.82, 2.24) is 4.90 Å². The first-order chi connectivity index (χ1) is 7.58. The van der Waals surface area contributed by atoms with Gasteiger partial charge in [0, 0.05) is 24.3 Å². The van der Waals surface area contributed by atoms with Crippen molar-refractivity contribution in [2.24, 2.45) is 0 Å². The lowest BCUT2D eigenvalue weighted by Crippen LogP contribution is -2.30. The normalized spacial score (nSPS) is 20.1. The lowest BCUT2D eigenvalue weighted by Gasteiger charge is -2.17. The van der Waals surface area contributed by atoms with Crippen molar-refractivity contribution in [3.63, 3.8) is 0 Å². The van der Waals surface area contributed by atoms with Gasteiger partial charge in [-0.25, -0.2) is 0 Å². The zero-order valence-corrected chi connectivity index (χ0v) is 9.31. The molecule has 1 aromatic carbocycles. The molecule has 2 rings (SSSR count). The van der Waals surface area contributed by atoms with Crippen LogP contribution in [-0.4, -0.2) is 35.1 Å². The molecule has 0 radical (unpaired) electrons. The minimum absolute atomic E-state index is 0.0194. The number of nitrogen functional groups attached to an aromatic ring is 1. The van der Waals surface area contributed by atoms with Crippen LogP contribution >= 0.6 is 0 Å². The predicted octanol–water partition coefficient (Wildman–Crippen LogP) is 0.784. The third-order valence-corrected chi connectivity index (χ3v) is 2.93. The monoisotopic (exact) mass is 220 g/mol. The Morgan fingerprint density at radius 3 is 2.88 bits per heavy atom. The molecule has 1 aromatic rings. The van der Waals surface area contributed by atoms with E-state index in [4.69, 9.17) is 5.73 Å². The second-order valence-corrected chi connectivity index (χ2v) is 4.27. The molecule has 0 aliphatic carbocycles. The zero-order valence-electron chi connectivity index (χ0n) is 9.31. The van der Waals surface area contributed by atoms with Crippen molar-refractivity contribution in [2.45, 2.75) is 19.4 Å². The van der Waals surface area contributed by atoms with E-state index in [0.29, 0.717) is 30.8 Å². The van der Waals surface area contributed by atoms with Gasteiger partial charge < -0.3 is 15.7 Å². The van der Waals surface area contributed by atoms with Crippen LogP contribution in [0, 0.1) is 6.92 Å². The number of nitrogens with zero attached hydrogens (tertiary/aromatic N) is 1. The average molecular weight is 220 g/mol. The zero-order chi connectivity index (χ0) is 11.7. The maximum Gasteiger partial charge on any atom is 0.254 e. The van der Waals surface area contributed by atoms with Crippen LogP contribution in [0.25, 0.3) is 0 Å². The minimum Gasteiger partial charge on any atom is -0.399 e. The van der Waals surface area contributed by atoms with E-state index in [2.05, 4.69) is 0 Å². The number of aliphatic hydroxyl groups excluding tert-OH is 1. The quantitative estimate of drug-likeness (QED) is 0.687. The number of likely N-dealkylation sites (tertiary alicyclic amines) is 1. The van der Waals surface area contributed by atoms with Gasteiger partial charge in [-0.15, -0.1) is 0 Å². The van der Waals surface area contributed by atoms with Crippen LogP contribution in [0.4, 0.5) is 5.69 Å². The van der Waals surface area contributed by atoms with Crippen LogP contribution in [-0.2, 0) is 0 Å². The molecule has 1 unspecified atom stereocenters. The summed E-state index contributed by atoms with van der Waals surface area (Å²) < 4.78 is 0. The smallest absolute Gasteiger partial charge is 0.254 e. The van der Waals surface area contributed by atoms with Crippen molar-refractivity contribution in [2.75, 3.05) is 18.8 Å². The fraction of sp³-hybridized carbons (Fsp3) is 0.417. The Hall–Kier alpha value is -1.55. The Bertz CT molecular complexity index is 417. The Balaban J connectivity index is 2.21. The van der Waals surface area contributed by atoms with Gasteiger partial charge in [0.05, 0.1) is 6.10 Å². The summed E-state index contributed by atoms with van der Waals surface area (Å²) in [6.07, 6.45) is 0.290. The number of nitrogens with two attached hydrogens (primary N) is 1. The van der Waals surface area contributed by atoms with Gasteiger partial charge >= 0.3 is 0 Å². The highest BCUT2D eigenvalue weighted by Crippen LogP contribution is 2.18. The number of aliphatic hydroxyl groups is 1. The first kappa shape index (κ1) is 11.0. The van der Waals surface area contributed by atoms with Crippen LogP contribution < -0.4 is 5.73 Å². The number of carbonyl (C=O) groups is 1. The molecule has 1 aliphatic rings. The molecule has 0 aromatic heterocycles. The van der Waals surface area contributed by atoms with Gasteiger partial charge in [0.25, 0.3) is 5.91 Å². The highest BCUT2D eigenvalue weighted by molar-refractivity contribution is 5.96. The topological polar surface area (TPSA) is 66.6 Å². The molecule has 86 valence electrons. The number of benzene rings is 1. The van der Waals surface area contributed by atoms with Gasteiger partial charge in [-0.1, -0.05) is 0 Å². The summed E-state index contributed by atoms with van der Waals surface area (Å²) in [5.41, 5.74) is 7.85. The Morgan fingerprint density at radius 1 is 1.56 bits per heavy atom. The Labute approximate surface area is 94.7 Å². The first-order valence-corrected chi connectivity index (χ1v) is 5.41. The van der Waals surface area contributed by atoms with Crippen molar-refractivity contribution < 1.29 is 9.90 Å². The number of carbonyl (C=O) groups excluding carboxylic acids is 1. The SMILES string of the molecule is Cc1cc(N)ccc1C(=O)N1CCC(O)C1. The van der Waals surface area contributed by atoms with E-state index in [1.165, 1.54) is 0 Å². The van der Waals surface area contributed by atoms with Gasteiger partial charge in [-0.3, -0.25) is 4.79 Å². The van der Waals surface area contributed by atoms with E-state index in [1.54, 1.807) is 23.1 Å². The van der Waals surface area contributed by atoms with Crippen molar-refractivity contribution in [3.8, 4) is 0 Å². The number of aryl methyl sites for hydroxylation is 1. The third kappa shape index (κ3) is 2.02. The van der Waals surface area contributed by atoms with Crippen LogP contribution in [0.1, 0.15) is 22.3 Å². The summed E-state index contributed by atoms with van der Waals surface area (Å²) in [7, 11) is 0. The summed E-state index contributed by atoms with van der Waals surface area (Å²) in [6.45, 7) is 2.93. The second kappa shape index (κ2) is 4.14. The lowest BCUT2D eigenvalue weighted by molar-refractivity contribution is 0.0764. The molecule has 1 aliphatic heterocycles. The summed E-state index contributed by atoms with van der Waals surface area (Å²) in [5, 5.41) is 9.39. The van der Waals surface area contributed by atoms with Gasteiger partial charge in [-0.2, -0.15) is 0 Å². The molecule has 0 saturated carbocycles. The first-order valence-electron chi connectivity index (χ1n) is 5.41. The van der Waals surface area contributed by atoms with Crippen LogP contribution in [0.3, 0.4) is 0 Å². The second-order valence-electron chi connectivity index (χ2n) is 4.27. The Morgan fingerprint density at radius 2 is 2.31 bits per heavy atom. The molecule has 1 fully saturated rings. The summed E-state index contributed by atoms with van der Waals surface area (Å²) in [5.74, 6) is -0.0194. The van der Waals surface area contributed by atoms with Crippen LogP contribution in [0.2, 0.25) is 0 Å². The number of anilines is 1. The van der Waals surface area contributed by atoms with E-state index < -0.39 is 0 Å². The summed E-state index contributed by atoms with van der Waals surface area (Å²) in [6, 6.07) is 5.27. The van der Waals surface area contributed by atoms with Gasteiger partial charge in [0.2, 0.25) is 0 Å². The van der Waals surface area contributed by atoms with Crippen LogP contribution in [0.15, 0.2) is 18.2 Å². The molecule has 4 heteroatoms. The number of hydrogen-bond acceptors (Lipinski definition) is 3. The molecule has 1 atom stereocenters. The van der Waals surface area contributed by atoms with Gasteiger partial charge in [0.15, 0.2) is 0 Å². The Kier molecular flexibility index (Phi) is 2.83. The predicted molar refractivity (Wildman–Crippen MR) is 62.1 cm³/mol. The van der Waals surface area contributed by atoms with Crippen molar-refractivity contribution in [1.29, 1.82) is 0 Å². The number of rotatable bonds is 1. The van der Waals surface area contributed by atoms with E-state index in [9.17, 15) is 9.90 Å². The molecule has 1 amide bonds. The molecule has 3 N–H and O–H groups in total. The van der Waals surface area contributed by atoms with E-state index >= 15 is 0 Å². The van der Waals surface area contributed by atoms with Gasteiger partial charge in [-0.05, 0) is 37.1 Å². The largest absolute Gasteiger partial charge is 0.399 e. The average Bonchev–Trinajstić information content (AvgIpc) is 2.64. The molecular weight excluding hydrogens is 204 g/mol. The van der Waals surface area contributed by atoms with E-state index in [0.717, 1.165) is 5.56 Å². The highest BCUT2D eigenvalue weighted by atomic mass is 16.3. The standard InChI is InChI=1S/C12H16N2O2/c1-8-6-9(13)2-3-11(8)12(16)14-5-4-10(15)7-14/h2-3,6,10,15H,4-5,7,13H2,1H3. The highest BCUT2D eigenvalue weighted by Gasteiger charge is 2.25. The molecule has 0 spiro atoms. The molecule has 1 heterocycles. The minimum atomic E-state index is -0.377. The molecule has 16 heavy (non-hydrogen) atoms. The summed E-state index contributed by atoms with van der Waals surface area (Å²) in [4.78, 5) is 13.8. The fourth-order valence-corrected chi connectivity index (χ4v) is 2.02. The van der Waals surface area contributed by atoms with Crippen LogP contribution in [0.5, 0.6) is 0 Å². The van der Waals surface area contributed by atoms with E-state index in [1.807, 2.05) is 6.92 Å². The van der Waals surface area contributed by atoms with Crippen molar-refractivity contribution >= 4 is 11.6 Å².